The first kappa shape index (κ1) is 15.8. The Kier molecular flexibility index (Phi) is 5.62. The second-order valence-electron chi connectivity index (χ2n) is 4.22. The summed E-state index contributed by atoms with van der Waals surface area (Å²) in [5, 5.41) is 2.44. The highest BCUT2D eigenvalue weighted by Crippen LogP contribution is 2.24. The van der Waals surface area contributed by atoms with Crippen molar-refractivity contribution in [2.24, 2.45) is 0 Å². The maximum Gasteiger partial charge on any atom is 0.401 e. The molecule has 0 amide bonds. The minimum atomic E-state index is -4.21. The molecule has 0 spiro atoms. The maximum absolute atomic E-state index is 12.1. The molecule has 1 aromatic rings. The Labute approximate surface area is 110 Å². The van der Waals surface area contributed by atoms with Gasteiger partial charge in [0.2, 0.25) is 0 Å². The standard InChI is InChI=1S/C13H18F3NO2/c1-9(17-8-13(14,15)16)10-4-5-12(19-3)11(6-10)7-18-2/h4-6,9,17H,7-8H2,1-3H3. The summed E-state index contributed by atoms with van der Waals surface area (Å²) >= 11 is 0. The van der Waals surface area contributed by atoms with Crippen LogP contribution in [-0.4, -0.2) is 26.9 Å². The van der Waals surface area contributed by atoms with Gasteiger partial charge in [-0.05, 0) is 24.6 Å². The third kappa shape index (κ3) is 5.08. The van der Waals surface area contributed by atoms with Gasteiger partial charge in [0.25, 0.3) is 0 Å². The minimum Gasteiger partial charge on any atom is -0.496 e. The predicted octanol–water partition coefficient (Wildman–Crippen LogP) is 3.05. The number of hydrogen-bond acceptors (Lipinski definition) is 3. The Bertz CT molecular complexity index is 407. The van der Waals surface area contributed by atoms with Crippen molar-refractivity contribution in [2.45, 2.75) is 25.7 Å². The molecule has 1 atom stereocenters. The van der Waals surface area contributed by atoms with Crippen LogP contribution in [-0.2, 0) is 11.3 Å². The minimum absolute atomic E-state index is 0.350. The topological polar surface area (TPSA) is 30.5 Å². The first-order valence-electron chi connectivity index (χ1n) is 5.83. The molecule has 1 unspecified atom stereocenters. The average Bonchev–Trinajstić information content (AvgIpc) is 2.35. The zero-order valence-electron chi connectivity index (χ0n) is 11.2. The number of alkyl halides is 3. The van der Waals surface area contributed by atoms with E-state index in [0.717, 1.165) is 11.1 Å². The molecule has 0 saturated heterocycles. The molecule has 0 aliphatic carbocycles. The van der Waals surface area contributed by atoms with Crippen LogP contribution >= 0.6 is 0 Å². The highest BCUT2D eigenvalue weighted by atomic mass is 19.4. The number of rotatable bonds is 6. The van der Waals surface area contributed by atoms with Gasteiger partial charge in [0, 0.05) is 18.7 Å². The summed E-state index contributed by atoms with van der Waals surface area (Å²) in [7, 11) is 3.09. The van der Waals surface area contributed by atoms with Crippen LogP contribution in [0.2, 0.25) is 0 Å². The summed E-state index contributed by atoms with van der Waals surface area (Å²) in [5.41, 5.74) is 1.57. The third-order valence-electron chi connectivity index (χ3n) is 2.71. The fourth-order valence-electron chi connectivity index (χ4n) is 1.72. The highest BCUT2D eigenvalue weighted by molar-refractivity contribution is 5.38. The molecule has 0 bridgehead atoms. The van der Waals surface area contributed by atoms with Crippen LogP contribution in [0.25, 0.3) is 0 Å². The highest BCUT2D eigenvalue weighted by Gasteiger charge is 2.27. The summed E-state index contributed by atoms with van der Waals surface area (Å²) in [6.07, 6.45) is -4.21. The third-order valence-corrected chi connectivity index (χ3v) is 2.71. The monoisotopic (exact) mass is 277 g/mol. The SMILES string of the molecule is COCc1cc(C(C)NCC(F)(F)F)ccc1OC. The Morgan fingerprint density at radius 3 is 2.47 bits per heavy atom. The number of benzene rings is 1. The number of ether oxygens (including phenoxy) is 2. The molecular formula is C13H18F3NO2. The van der Waals surface area contributed by atoms with Crippen molar-refractivity contribution in [3.05, 3.63) is 29.3 Å². The van der Waals surface area contributed by atoms with Gasteiger partial charge in [-0.2, -0.15) is 13.2 Å². The normalized spacial score (nSPS) is 13.4. The van der Waals surface area contributed by atoms with E-state index < -0.39 is 18.8 Å². The smallest absolute Gasteiger partial charge is 0.401 e. The number of methoxy groups -OCH3 is 2. The summed E-state index contributed by atoms with van der Waals surface area (Å²) in [4.78, 5) is 0. The van der Waals surface area contributed by atoms with Gasteiger partial charge in [-0.15, -0.1) is 0 Å². The average molecular weight is 277 g/mol. The van der Waals surface area contributed by atoms with E-state index in [1.807, 2.05) is 0 Å². The molecule has 0 aromatic heterocycles. The molecule has 1 N–H and O–H groups in total. The molecule has 0 aliphatic rings. The van der Waals surface area contributed by atoms with Gasteiger partial charge in [-0.1, -0.05) is 6.07 Å². The Morgan fingerprint density at radius 1 is 1.26 bits per heavy atom. The fraction of sp³-hybridized carbons (Fsp3) is 0.538. The van der Waals surface area contributed by atoms with Gasteiger partial charge in [0.05, 0.1) is 20.3 Å². The molecule has 0 aliphatic heterocycles. The van der Waals surface area contributed by atoms with Crippen LogP contribution < -0.4 is 10.1 Å². The Morgan fingerprint density at radius 2 is 1.95 bits per heavy atom. The van der Waals surface area contributed by atoms with Crippen molar-refractivity contribution in [3.63, 3.8) is 0 Å². The van der Waals surface area contributed by atoms with Gasteiger partial charge in [0.15, 0.2) is 0 Å². The number of hydrogen-bond donors (Lipinski definition) is 1. The molecule has 6 heteroatoms. The molecule has 108 valence electrons. The van der Waals surface area contributed by atoms with E-state index in [0.29, 0.717) is 12.4 Å². The second-order valence-corrected chi connectivity index (χ2v) is 4.22. The van der Waals surface area contributed by atoms with Crippen LogP contribution in [0.1, 0.15) is 24.1 Å². The largest absolute Gasteiger partial charge is 0.496 e. The van der Waals surface area contributed by atoms with Crippen LogP contribution in [0.5, 0.6) is 5.75 Å². The molecule has 1 aromatic carbocycles. The van der Waals surface area contributed by atoms with Crippen LogP contribution in [0.3, 0.4) is 0 Å². The predicted molar refractivity (Wildman–Crippen MR) is 66.2 cm³/mol. The first-order chi connectivity index (χ1) is 8.87. The zero-order chi connectivity index (χ0) is 14.5. The van der Waals surface area contributed by atoms with Crippen LogP contribution in [0.4, 0.5) is 13.2 Å². The van der Waals surface area contributed by atoms with Gasteiger partial charge in [-0.25, -0.2) is 0 Å². The van der Waals surface area contributed by atoms with Gasteiger partial charge >= 0.3 is 6.18 Å². The van der Waals surface area contributed by atoms with Crippen molar-refractivity contribution in [1.82, 2.24) is 5.32 Å². The van der Waals surface area contributed by atoms with Crippen molar-refractivity contribution < 1.29 is 22.6 Å². The van der Waals surface area contributed by atoms with Crippen LogP contribution in [0, 0.1) is 0 Å². The zero-order valence-corrected chi connectivity index (χ0v) is 11.2. The summed E-state index contributed by atoms with van der Waals surface area (Å²) in [6, 6.07) is 4.86. The van der Waals surface area contributed by atoms with Gasteiger partial charge in [0.1, 0.15) is 5.75 Å². The van der Waals surface area contributed by atoms with E-state index in [2.05, 4.69) is 5.32 Å². The van der Waals surface area contributed by atoms with Gasteiger partial charge in [-0.3, -0.25) is 0 Å². The fourth-order valence-corrected chi connectivity index (χ4v) is 1.72. The van der Waals surface area contributed by atoms with Crippen molar-refractivity contribution in [3.8, 4) is 5.75 Å². The lowest BCUT2D eigenvalue weighted by molar-refractivity contribution is -0.126. The van der Waals surface area contributed by atoms with E-state index in [1.54, 1.807) is 39.3 Å². The molecule has 3 nitrogen and oxygen atoms in total. The summed E-state index contributed by atoms with van der Waals surface area (Å²) in [6.45, 7) is 1.02. The summed E-state index contributed by atoms with van der Waals surface area (Å²) in [5.74, 6) is 0.661. The molecule has 0 heterocycles. The Hall–Kier alpha value is -1.27. The molecule has 0 fully saturated rings. The number of nitrogens with one attached hydrogen (secondary N) is 1. The Balaban J connectivity index is 2.80. The molecule has 0 saturated carbocycles. The lowest BCUT2D eigenvalue weighted by Gasteiger charge is -2.17. The molecule has 0 radical (unpaired) electrons. The molecular weight excluding hydrogens is 259 g/mol. The van der Waals surface area contributed by atoms with Crippen molar-refractivity contribution in [2.75, 3.05) is 20.8 Å². The maximum atomic E-state index is 12.1. The lowest BCUT2D eigenvalue weighted by atomic mass is 10.0. The first-order valence-corrected chi connectivity index (χ1v) is 5.83. The van der Waals surface area contributed by atoms with E-state index in [1.165, 1.54) is 0 Å². The van der Waals surface area contributed by atoms with Crippen molar-refractivity contribution >= 4 is 0 Å². The van der Waals surface area contributed by atoms with Crippen molar-refractivity contribution in [1.29, 1.82) is 0 Å². The lowest BCUT2D eigenvalue weighted by Crippen LogP contribution is -2.30. The summed E-state index contributed by atoms with van der Waals surface area (Å²) < 4.78 is 46.6. The van der Waals surface area contributed by atoms with E-state index in [-0.39, 0.29) is 0 Å². The molecule has 1 rings (SSSR count). The van der Waals surface area contributed by atoms with Gasteiger partial charge < -0.3 is 14.8 Å². The van der Waals surface area contributed by atoms with Crippen LogP contribution in [0.15, 0.2) is 18.2 Å². The van der Waals surface area contributed by atoms with E-state index in [4.69, 9.17) is 9.47 Å². The number of halogens is 3. The quantitative estimate of drug-likeness (QED) is 0.867. The molecule has 19 heavy (non-hydrogen) atoms. The van der Waals surface area contributed by atoms with E-state index in [9.17, 15) is 13.2 Å². The second kappa shape index (κ2) is 6.77. The van der Waals surface area contributed by atoms with E-state index >= 15 is 0 Å².